The Kier molecular flexibility index (Phi) is 4.37. The highest BCUT2D eigenvalue weighted by Gasteiger charge is 2.44. The molecule has 1 aromatic carbocycles. The van der Waals surface area contributed by atoms with Crippen LogP contribution < -0.4 is 5.32 Å². The average molecular weight is 351 g/mol. The van der Waals surface area contributed by atoms with E-state index in [1.165, 1.54) is 6.07 Å². The quantitative estimate of drug-likeness (QED) is 0.522. The third kappa shape index (κ3) is 3.78. The molecule has 0 aliphatic heterocycles. The van der Waals surface area contributed by atoms with Crippen LogP contribution in [0, 0.1) is 0 Å². The van der Waals surface area contributed by atoms with Gasteiger partial charge in [-0.3, -0.25) is 13.9 Å². The smallest absolute Gasteiger partial charge is 0.327 e. The number of hydrogen-bond donors (Lipinski definition) is 5. The number of rotatable bonds is 4. The van der Waals surface area contributed by atoms with Crippen molar-refractivity contribution in [1.29, 1.82) is 0 Å². The van der Waals surface area contributed by atoms with Gasteiger partial charge in [0.15, 0.2) is 0 Å². The van der Waals surface area contributed by atoms with Gasteiger partial charge >= 0.3 is 15.2 Å². The van der Waals surface area contributed by atoms with Gasteiger partial charge in [0, 0.05) is 4.70 Å². The fourth-order valence-electron chi connectivity index (χ4n) is 1.65. The lowest BCUT2D eigenvalue weighted by molar-refractivity contribution is 0.0952. The van der Waals surface area contributed by atoms with Crippen molar-refractivity contribution in [3.63, 3.8) is 0 Å². The van der Waals surface area contributed by atoms with E-state index in [9.17, 15) is 13.9 Å². The first kappa shape index (κ1) is 16.3. The number of nitrogens with one attached hydrogen (secondary N) is 1. The van der Waals surface area contributed by atoms with Crippen LogP contribution in [-0.2, 0) is 9.13 Å². The number of carbonyl (C=O) groups is 1. The highest BCUT2D eigenvalue weighted by Crippen LogP contribution is 2.58. The molecule has 0 saturated carbocycles. The number of fused-ring (bicyclic) bond motifs is 1. The van der Waals surface area contributed by atoms with Crippen molar-refractivity contribution in [1.82, 2.24) is 5.32 Å². The Morgan fingerprint density at radius 3 is 2.19 bits per heavy atom. The van der Waals surface area contributed by atoms with Gasteiger partial charge in [0.25, 0.3) is 5.91 Å². The third-order valence-corrected chi connectivity index (χ3v) is 7.00. The first-order valence-electron chi connectivity index (χ1n) is 5.49. The van der Waals surface area contributed by atoms with Crippen molar-refractivity contribution >= 4 is 42.5 Å². The fourth-order valence-corrected chi connectivity index (χ4v) is 4.75. The summed E-state index contributed by atoms with van der Waals surface area (Å²) in [5, 5.41) is 2.47. The molecule has 0 bridgehead atoms. The number of thiophene rings is 1. The van der Waals surface area contributed by atoms with E-state index in [-0.39, 0.29) is 4.88 Å². The minimum absolute atomic E-state index is 0.100. The summed E-state index contributed by atoms with van der Waals surface area (Å²) in [6, 6.07) is 8.48. The van der Waals surface area contributed by atoms with E-state index in [1.54, 1.807) is 29.6 Å². The van der Waals surface area contributed by atoms with Crippen LogP contribution >= 0.6 is 26.5 Å². The lowest BCUT2D eigenvalue weighted by Gasteiger charge is -2.20. The molecule has 5 N–H and O–H groups in total. The molecule has 2 rings (SSSR count). The van der Waals surface area contributed by atoms with Crippen LogP contribution in [0.3, 0.4) is 0 Å². The number of amides is 1. The molecule has 1 heterocycles. The maximum absolute atomic E-state index is 11.9. The van der Waals surface area contributed by atoms with Crippen molar-refractivity contribution in [3.05, 3.63) is 35.2 Å². The van der Waals surface area contributed by atoms with E-state index >= 15 is 0 Å². The molecule has 2 aromatic rings. The highest BCUT2D eigenvalue weighted by atomic mass is 32.1. The predicted molar refractivity (Wildman–Crippen MR) is 77.2 cm³/mol. The summed E-state index contributed by atoms with van der Waals surface area (Å²) in [5.74, 6) is -0.951. The molecule has 0 unspecified atom stereocenters. The molecule has 1 aromatic heterocycles. The minimum Gasteiger partial charge on any atom is -0.327 e. The second-order valence-corrected chi connectivity index (χ2v) is 9.05. The van der Waals surface area contributed by atoms with Gasteiger partial charge in [-0.1, -0.05) is 18.2 Å². The SMILES string of the molecule is O=C(NC(P(=O)(O)O)P(=O)(O)O)c1cc2ccccc2s1. The predicted octanol–water partition coefficient (Wildman–Crippen LogP) is 1.27. The summed E-state index contributed by atoms with van der Waals surface area (Å²) in [7, 11) is -10.4. The Balaban J connectivity index is 2.31. The van der Waals surface area contributed by atoms with Gasteiger partial charge in [-0.2, -0.15) is 0 Å². The summed E-state index contributed by atoms with van der Waals surface area (Å²) >= 11 is 1.05. The summed E-state index contributed by atoms with van der Waals surface area (Å²) in [6.07, 6.45) is 0. The summed E-state index contributed by atoms with van der Waals surface area (Å²) < 4.78 is 23.0. The molecule has 0 saturated heterocycles. The first-order valence-corrected chi connectivity index (χ1v) is 9.67. The normalized spacial score (nSPS) is 12.8. The van der Waals surface area contributed by atoms with Gasteiger partial charge in [0.2, 0.25) is 5.52 Å². The number of hydrogen-bond acceptors (Lipinski definition) is 4. The van der Waals surface area contributed by atoms with Crippen LogP contribution in [0.1, 0.15) is 9.67 Å². The molecule has 114 valence electrons. The molecule has 21 heavy (non-hydrogen) atoms. The molecule has 8 nitrogen and oxygen atoms in total. The zero-order valence-electron chi connectivity index (χ0n) is 10.3. The number of carbonyl (C=O) groups excluding carboxylic acids is 1. The maximum atomic E-state index is 11.9. The standard InChI is InChI=1S/C10H11NO7P2S/c12-9(11-10(19(13,14)15)20(16,17)18)8-5-6-3-1-2-4-7(6)21-8/h1-5,10H,(H,11,12)(H2,13,14,15)(H2,16,17,18). The second kappa shape index (κ2) is 5.62. The fraction of sp³-hybridized carbons (Fsp3) is 0.100. The topological polar surface area (TPSA) is 144 Å². The minimum atomic E-state index is -5.20. The zero-order chi connectivity index (χ0) is 15.8. The molecule has 0 aliphatic carbocycles. The largest absolute Gasteiger partial charge is 0.360 e. The Morgan fingerprint density at radius 1 is 1.10 bits per heavy atom. The maximum Gasteiger partial charge on any atom is 0.360 e. The van der Waals surface area contributed by atoms with Crippen molar-refractivity contribution in [2.24, 2.45) is 0 Å². The zero-order valence-corrected chi connectivity index (χ0v) is 12.9. The Hall–Kier alpha value is -1.05. The Labute approximate surface area is 122 Å². The van der Waals surface area contributed by atoms with Gasteiger partial charge < -0.3 is 24.9 Å². The lowest BCUT2D eigenvalue weighted by atomic mass is 10.2. The third-order valence-electron chi connectivity index (χ3n) is 2.55. The van der Waals surface area contributed by atoms with Crippen LogP contribution in [0.15, 0.2) is 30.3 Å². The number of benzene rings is 1. The van der Waals surface area contributed by atoms with E-state index < -0.39 is 26.6 Å². The van der Waals surface area contributed by atoms with E-state index in [0.29, 0.717) is 0 Å². The molecule has 11 heteroatoms. The highest BCUT2D eigenvalue weighted by molar-refractivity contribution is 7.70. The van der Waals surface area contributed by atoms with Crippen LogP contribution in [0.25, 0.3) is 10.1 Å². The van der Waals surface area contributed by atoms with E-state index in [4.69, 9.17) is 19.6 Å². The molecular formula is C10H11NO7P2S. The second-order valence-electron chi connectivity index (χ2n) is 4.17. The van der Waals surface area contributed by atoms with Crippen molar-refractivity contribution in [2.75, 3.05) is 0 Å². The molecule has 0 radical (unpaired) electrons. The first-order chi connectivity index (χ1) is 9.59. The van der Waals surface area contributed by atoms with E-state index in [2.05, 4.69) is 0 Å². The molecule has 0 spiro atoms. The molecule has 0 aliphatic rings. The van der Waals surface area contributed by atoms with Gasteiger partial charge in [0.1, 0.15) is 0 Å². The molecular weight excluding hydrogens is 340 g/mol. The van der Waals surface area contributed by atoms with Gasteiger partial charge in [-0.05, 0) is 17.5 Å². The van der Waals surface area contributed by atoms with Crippen LogP contribution in [0.5, 0.6) is 0 Å². The molecule has 1 amide bonds. The Morgan fingerprint density at radius 2 is 1.67 bits per heavy atom. The lowest BCUT2D eigenvalue weighted by Crippen LogP contribution is -2.34. The molecule has 0 fully saturated rings. The van der Waals surface area contributed by atoms with E-state index in [1.807, 2.05) is 0 Å². The van der Waals surface area contributed by atoms with Gasteiger partial charge in [-0.15, -0.1) is 11.3 Å². The average Bonchev–Trinajstić information content (AvgIpc) is 2.76. The summed E-state index contributed by atoms with van der Waals surface area (Å²) in [4.78, 5) is 47.9. The molecule has 0 atom stereocenters. The van der Waals surface area contributed by atoms with Crippen LogP contribution in [-0.4, -0.2) is 31.0 Å². The summed E-state index contributed by atoms with van der Waals surface area (Å²) in [6.45, 7) is 0. The van der Waals surface area contributed by atoms with Crippen LogP contribution in [0.4, 0.5) is 0 Å². The van der Waals surface area contributed by atoms with Gasteiger partial charge in [-0.25, -0.2) is 0 Å². The Bertz CT molecular complexity index is 722. The van der Waals surface area contributed by atoms with Crippen molar-refractivity contribution in [3.8, 4) is 0 Å². The van der Waals surface area contributed by atoms with Gasteiger partial charge in [0.05, 0.1) is 4.88 Å². The van der Waals surface area contributed by atoms with Crippen molar-refractivity contribution in [2.45, 2.75) is 5.52 Å². The van der Waals surface area contributed by atoms with E-state index in [0.717, 1.165) is 21.4 Å². The monoisotopic (exact) mass is 351 g/mol. The van der Waals surface area contributed by atoms with Crippen LogP contribution in [0.2, 0.25) is 0 Å². The van der Waals surface area contributed by atoms with Crippen molar-refractivity contribution < 1.29 is 33.5 Å². The summed E-state index contributed by atoms with van der Waals surface area (Å²) in [5.41, 5.74) is -2.55.